The lowest BCUT2D eigenvalue weighted by Gasteiger charge is -2.61. The molecule has 1 unspecified atom stereocenters. The molecule has 0 aromatic heterocycles. The van der Waals surface area contributed by atoms with E-state index in [9.17, 15) is 39.6 Å². The number of aliphatic hydroxyl groups is 3. The molecule has 1 aliphatic heterocycles. The lowest BCUT2D eigenvalue weighted by atomic mass is 9.47. The number of alkyl halides is 1. The maximum atomic E-state index is 17.7. The Bertz CT molecular complexity index is 1120. The van der Waals surface area contributed by atoms with E-state index in [0.717, 1.165) is 6.42 Å². The molecule has 4 aliphatic carbocycles. The van der Waals surface area contributed by atoms with Crippen molar-refractivity contribution in [2.75, 3.05) is 6.61 Å². The number of ether oxygens (including phenoxy) is 4. The van der Waals surface area contributed by atoms with Gasteiger partial charge in [-0.05, 0) is 68.6 Å². The highest BCUT2D eigenvalue weighted by Gasteiger charge is 2.69. The maximum absolute atomic E-state index is 17.7. The Morgan fingerprint density at radius 2 is 1.51 bits per heavy atom. The number of carboxylic acid groups (broad SMARTS) is 1. The van der Waals surface area contributed by atoms with Crippen LogP contribution >= 0.6 is 0 Å². The van der Waals surface area contributed by atoms with Gasteiger partial charge in [-0.15, -0.1) is 0 Å². The fourth-order valence-corrected chi connectivity index (χ4v) is 9.43. The molecular formula is C30H43FO12. The summed E-state index contributed by atoms with van der Waals surface area (Å²) >= 11 is 0. The number of hydrogen-bond acceptors (Lipinski definition) is 11. The van der Waals surface area contributed by atoms with Crippen molar-refractivity contribution in [3.63, 3.8) is 0 Å². The van der Waals surface area contributed by atoms with Gasteiger partial charge in [0.05, 0.1) is 0 Å². The molecular weight excluding hydrogens is 571 g/mol. The van der Waals surface area contributed by atoms with Crippen molar-refractivity contribution in [1.82, 2.24) is 0 Å². The Hall–Kier alpha value is -2.19. The fraction of sp³-hybridized carbons (Fsp3) is 0.867. The van der Waals surface area contributed by atoms with Gasteiger partial charge in [-0.3, -0.25) is 14.4 Å². The zero-order valence-electron chi connectivity index (χ0n) is 24.7. The molecule has 0 spiro atoms. The minimum atomic E-state index is -1.88. The smallest absolute Gasteiger partial charge is 0.335 e. The molecule has 0 aromatic carbocycles. The van der Waals surface area contributed by atoms with Crippen molar-refractivity contribution in [2.24, 2.45) is 35.0 Å². The van der Waals surface area contributed by atoms with Gasteiger partial charge in [0.1, 0.15) is 37.1 Å². The van der Waals surface area contributed by atoms with Gasteiger partial charge in [-0.1, -0.05) is 6.92 Å². The van der Waals surface area contributed by atoms with Gasteiger partial charge in [-0.2, -0.15) is 0 Å². The molecule has 242 valence electrons. The van der Waals surface area contributed by atoms with E-state index in [1.807, 2.05) is 6.92 Å². The summed E-state index contributed by atoms with van der Waals surface area (Å²) in [7, 11) is 0. The maximum Gasteiger partial charge on any atom is 0.335 e. The van der Waals surface area contributed by atoms with Gasteiger partial charge in [0, 0.05) is 31.6 Å². The summed E-state index contributed by atoms with van der Waals surface area (Å²) in [6.45, 7) is 3.99. The molecule has 5 fully saturated rings. The molecule has 13 heteroatoms. The van der Waals surface area contributed by atoms with Gasteiger partial charge >= 0.3 is 17.9 Å². The third-order valence-corrected chi connectivity index (χ3v) is 11.2. The Morgan fingerprint density at radius 1 is 0.860 bits per heavy atom. The van der Waals surface area contributed by atoms with Crippen LogP contribution in [0.25, 0.3) is 0 Å². The van der Waals surface area contributed by atoms with Crippen LogP contribution in [0.1, 0.15) is 72.1 Å². The predicted molar refractivity (Wildman–Crippen MR) is 143 cm³/mol. The van der Waals surface area contributed by atoms with Crippen molar-refractivity contribution in [3.05, 3.63) is 0 Å². The van der Waals surface area contributed by atoms with Crippen molar-refractivity contribution in [1.29, 1.82) is 0 Å². The minimum absolute atomic E-state index is 0.0144. The molecule has 0 aromatic rings. The Morgan fingerprint density at radius 3 is 2.16 bits per heavy atom. The number of carbonyl (C=O) groups is 4. The first-order chi connectivity index (χ1) is 20.2. The molecule has 0 amide bonds. The normalized spacial score (nSPS) is 47.4. The summed E-state index contributed by atoms with van der Waals surface area (Å²) in [6, 6.07) is 0. The lowest BCUT2D eigenvalue weighted by molar-refractivity contribution is -0.292. The van der Waals surface area contributed by atoms with Crippen LogP contribution in [0.2, 0.25) is 0 Å². The number of fused-ring (bicyclic) bond motifs is 5. The molecule has 0 bridgehead atoms. The lowest BCUT2D eigenvalue weighted by Crippen LogP contribution is -2.66. The quantitative estimate of drug-likeness (QED) is 0.302. The first kappa shape index (κ1) is 32.2. The van der Waals surface area contributed by atoms with Gasteiger partial charge in [0.15, 0.2) is 23.8 Å². The van der Waals surface area contributed by atoms with Crippen LogP contribution in [-0.4, -0.2) is 99.3 Å². The second-order valence-electron chi connectivity index (χ2n) is 13.5. The van der Waals surface area contributed by atoms with Gasteiger partial charge in [0.25, 0.3) is 0 Å². The van der Waals surface area contributed by atoms with E-state index in [-0.39, 0.29) is 42.0 Å². The molecule has 5 aliphatic rings. The van der Waals surface area contributed by atoms with E-state index in [2.05, 4.69) is 0 Å². The number of carboxylic acids is 1. The number of carbonyl (C=O) groups excluding carboxylic acids is 3. The zero-order chi connectivity index (χ0) is 31.4. The molecule has 14 atom stereocenters. The van der Waals surface area contributed by atoms with Crippen LogP contribution in [0.5, 0.6) is 0 Å². The Balaban J connectivity index is 1.33. The first-order valence-corrected chi connectivity index (χ1v) is 15.3. The molecule has 12 nitrogen and oxygen atoms in total. The standard InChI is InChI=1S/C30H43FO12/c1-13(32)41-16-5-7-17-15(10-16)4-6-19-18-8-9-20(29(18,3)11-22(30(17,19)31)42-14(2)33)21(34)12-40-28-25(37)23(35)24(36)26(43-28)27(38)39/h15-20,22-26,28,35-37H,4-12H2,1-3H3,(H,38,39)/t15-,16-,17+,18+,19+,20-,22-,23+,24+,25-,26+,28?,29+,30+/m1/s1. The molecule has 1 heterocycles. The molecule has 4 saturated carbocycles. The molecule has 4 N–H and O–H groups in total. The first-order valence-electron chi connectivity index (χ1n) is 15.3. The van der Waals surface area contributed by atoms with Crippen molar-refractivity contribution in [3.8, 4) is 0 Å². The van der Waals surface area contributed by atoms with E-state index >= 15 is 4.39 Å². The van der Waals surface area contributed by atoms with E-state index < -0.39 is 78.3 Å². The molecule has 1 saturated heterocycles. The second-order valence-corrected chi connectivity index (χ2v) is 13.5. The van der Waals surface area contributed by atoms with Crippen LogP contribution in [0.4, 0.5) is 4.39 Å². The van der Waals surface area contributed by atoms with E-state index in [4.69, 9.17) is 18.9 Å². The van der Waals surface area contributed by atoms with Crippen molar-refractivity contribution < 1.29 is 62.9 Å². The van der Waals surface area contributed by atoms with Crippen molar-refractivity contribution >= 4 is 23.7 Å². The SMILES string of the molecule is CC(=O)O[C@@H]1CC[C@H]2[C@H](CC[C@H]3[C@@H]4CC[C@H](C(=O)COC5O[C@H](C(=O)O)[C@@H](O)[C@H](O)[C@H]5O)[C@@]4(C)C[C@@H](OC(C)=O)[C@]23F)C1. The average molecular weight is 615 g/mol. The molecule has 43 heavy (non-hydrogen) atoms. The van der Waals surface area contributed by atoms with Gasteiger partial charge < -0.3 is 39.4 Å². The van der Waals surface area contributed by atoms with Gasteiger partial charge in [-0.25, -0.2) is 9.18 Å². The minimum Gasteiger partial charge on any atom is -0.479 e. The van der Waals surface area contributed by atoms with Crippen LogP contribution < -0.4 is 0 Å². The van der Waals surface area contributed by atoms with Gasteiger partial charge in [0.2, 0.25) is 0 Å². The average Bonchev–Trinajstić information content (AvgIpc) is 3.26. The number of halogens is 1. The Labute approximate surface area is 249 Å². The topological polar surface area (TPSA) is 186 Å². The number of Topliss-reactive ketones (excluding diaryl/α,β-unsaturated/α-hetero) is 1. The summed E-state index contributed by atoms with van der Waals surface area (Å²) in [4.78, 5) is 48.8. The summed E-state index contributed by atoms with van der Waals surface area (Å²) in [5.41, 5.74) is -2.49. The number of ketones is 1. The fourth-order valence-electron chi connectivity index (χ4n) is 9.43. The highest BCUT2D eigenvalue weighted by molar-refractivity contribution is 5.83. The summed E-state index contributed by atoms with van der Waals surface area (Å²) in [6.07, 6.45) is -6.24. The number of esters is 2. The molecule has 5 rings (SSSR count). The number of aliphatic hydroxyl groups excluding tert-OH is 3. The van der Waals surface area contributed by atoms with E-state index in [1.165, 1.54) is 13.8 Å². The monoisotopic (exact) mass is 614 g/mol. The number of hydrogen-bond donors (Lipinski definition) is 4. The van der Waals surface area contributed by atoms with Crippen LogP contribution in [0.15, 0.2) is 0 Å². The second kappa shape index (κ2) is 12.0. The molecule has 0 radical (unpaired) electrons. The predicted octanol–water partition coefficient (Wildman–Crippen LogP) is 1.30. The highest BCUT2D eigenvalue weighted by atomic mass is 19.1. The number of rotatable bonds is 7. The largest absolute Gasteiger partial charge is 0.479 e. The van der Waals surface area contributed by atoms with E-state index in [0.29, 0.717) is 38.5 Å². The summed E-state index contributed by atoms with van der Waals surface area (Å²) in [5, 5.41) is 39.5. The third-order valence-electron chi connectivity index (χ3n) is 11.2. The van der Waals surface area contributed by atoms with Crippen LogP contribution in [-0.2, 0) is 38.1 Å². The third kappa shape index (κ3) is 5.60. The summed E-state index contributed by atoms with van der Waals surface area (Å²) in [5.74, 6) is -4.41. The van der Waals surface area contributed by atoms with Crippen LogP contribution in [0.3, 0.4) is 0 Å². The zero-order valence-corrected chi connectivity index (χ0v) is 24.7. The van der Waals surface area contributed by atoms with Crippen molar-refractivity contribution in [2.45, 2.75) is 121 Å². The van der Waals surface area contributed by atoms with Crippen LogP contribution in [0, 0.1) is 35.0 Å². The Kier molecular flexibility index (Phi) is 8.96. The summed E-state index contributed by atoms with van der Waals surface area (Å²) < 4.78 is 39.5. The van der Waals surface area contributed by atoms with E-state index in [1.54, 1.807) is 0 Å². The number of aliphatic carboxylic acids is 1. The highest BCUT2D eigenvalue weighted by Crippen LogP contribution is 2.67.